The number of furan rings is 1. The van der Waals surface area contributed by atoms with Gasteiger partial charge in [-0.2, -0.15) is 0 Å². The fraction of sp³-hybridized carbons (Fsp3) is 0. The number of benzene rings is 2. The number of anilines is 2. The minimum Gasteiger partial charge on any atom is -0.451 e. The summed E-state index contributed by atoms with van der Waals surface area (Å²) in [4.78, 5) is 12.1. The van der Waals surface area contributed by atoms with E-state index >= 15 is 0 Å². The molecule has 20 heavy (non-hydrogen) atoms. The van der Waals surface area contributed by atoms with Crippen molar-refractivity contribution in [3.05, 3.63) is 59.3 Å². The molecule has 0 saturated carbocycles. The lowest BCUT2D eigenvalue weighted by molar-refractivity contribution is 0.0998. The molecule has 3 aromatic rings. The summed E-state index contributed by atoms with van der Waals surface area (Å²) in [6.45, 7) is 0. The lowest BCUT2D eigenvalue weighted by Crippen LogP contribution is -2.10. The molecular formula is C15H11ClN2O2. The molecule has 0 bridgehead atoms. The van der Waals surface area contributed by atoms with Crippen LogP contribution in [0.3, 0.4) is 0 Å². The smallest absolute Gasteiger partial charge is 0.291 e. The number of carbonyl (C=O) groups excluding carboxylic acids is 1. The van der Waals surface area contributed by atoms with E-state index in [2.05, 4.69) is 5.32 Å². The van der Waals surface area contributed by atoms with Gasteiger partial charge in [0.1, 0.15) is 5.58 Å². The van der Waals surface area contributed by atoms with Gasteiger partial charge in [-0.25, -0.2) is 0 Å². The molecule has 5 heteroatoms. The van der Waals surface area contributed by atoms with E-state index in [9.17, 15) is 4.79 Å². The van der Waals surface area contributed by atoms with Crippen molar-refractivity contribution in [1.82, 2.24) is 0 Å². The first kappa shape index (κ1) is 12.6. The van der Waals surface area contributed by atoms with E-state index in [-0.39, 0.29) is 11.7 Å². The summed E-state index contributed by atoms with van der Waals surface area (Å²) in [5, 5.41) is 3.97. The Kier molecular flexibility index (Phi) is 3.08. The fourth-order valence-electron chi connectivity index (χ4n) is 1.92. The Labute approximate surface area is 120 Å². The third-order valence-electron chi connectivity index (χ3n) is 2.89. The maximum Gasteiger partial charge on any atom is 0.291 e. The monoisotopic (exact) mass is 286 g/mol. The van der Waals surface area contributed by atoms with Gasteiger partial charge in [0.15, 0.2) is 5.76 Å². The summed E-state index contributed by atoms with van der Waals surface area (Å²) in [6.07, 6.45) is 0. The van der Waals surface area contributed by atoms with Crippen molar-refractivity contribution in [3.8, 4) is 0 Å². The Balaban J connectivity index is 1.91. The molecular weight excluding hydrogens is 276 g/mol. The Morgan fingerprint density at radius 1 is 1.15 bits per heavy atom. The van der Waals surface area contributed by atoms with Crippen LogP contribution in [0.2, 0.25) is 5.02 Å². The first-order valence-electron chi connectivity index (χ1n) is 5.98. The number of nitrogen functional groups attached to an aromatic ring is 1. The number of rotatable bonds is 2. The standard InChI is InChI=1S/C15H11ClN2O2/c16-11-3-1-2-4-12(11)18-15(19)14-8-9-7-10(17)5-6-13(9)20-14/h1-8H,17H2,(H,18,19). The molecule has 1 amide bonds. The third-order valence-corrected chi connectivity index (χ3v) is 3.22. The highest BCUT2D eigenvalue weighted by Gasteiger charge is 2.13. The molecule has 0 atom stereocenters. The molecule has 100 valence electrons. The topological polar surface area (TPSA) is 68.3 Å². The van der Waals surface area contributed by atoms with Gasteiger partial charge in [0.25, 0.3) is 5.91 Å². The van der Waals surface area contributed by atoms with Crippen LogP contribution in [0.4, 0.5) is 11.4 Å². The lowest BCUT2D eigenvalue weighted by atomic mass is 10.2. The number of hydrogen-bond acceptors (Lipinski definition) is 3. The third kappa shape index (κ3) is 2.33. The summed E-state index contributed by atoms with van der Waals surface area (Å²) < 4.78 is 5.49. The summed E-state index contributed by atoms with van der Waals surface area (Å²) in [5.41, 5.74) is 7.47. The van der Waals surface area contributed by atoms with Gasteiger partial charge in [0.05, 0.1) is 10.7 Å². The van der Waals surface area contributed by atoms with Crippen molar-refractivity contribution in [2.24, 2.45) is 0 Å². The molecule has 0 fully saturated rings. The molecule has 0 spiro atoms. The largest absolute Gasteiger partial charge is 0.451 e. The zero-order valence-corrected chi connectivity index (χ0v) is 11.1. The number of carbonyl (C=O) groups is 1. The van der Waals surface area contributed by atoms with Crippen LogP contribution in [-0.2, 0) is 0 Å². The quantitative estimate of drug-likeness (QED) is 0.702. The van der Waals surface area contributed by atoms with Crippen molar-refractivity contribution in [2.45, 2.75) is 0 Å². The minimum atomic E-state index is -0.354. The molecule has 0 unspecified atom stereocenters. The first-order chi connectivity index (χ1) is 9.63. The molecule has 0 radical (unpaired) electrons. The number of amides is 1. The SMILES string of the molecule is Nc1ccc2oc(C(=O)Nc3ccccc3Cl)cc2c1. The van der Waals surface area contributed by atoms with Crippen LogP contribution >= 0.6 is 11.6 Å². The zero-order chi connectivity index (χ0) is 14.1. The normalized spacial score (nSPS) is 10.7. The molecule has 3 rings (SSSR count). The van der Waals surface area contributed by atoms with Crippen LogP contribution in [0.15, 0.2) is 52.9 Å². The van der Waals surface area contributed by atoms with E-state index < -0.39 is 0 Å². The molecule has 3 N–H and O–H groups in total. The van der Waals surface area contributed by atoms with E-state index in [1.165, 1.54) is 0 Å². The molecule has 0 aliphatic rings. The molecule has 1 heterocycles. The maximum absolute atomic E-state index is 12.1. The fourth-order valence-corrected chi connectivity index (χ4v) is 2.10. The highest BCUT2D eigenvalue weighted by Crippen LogP contribution is 2.24. The molecule has 2 aromatic carbocycles. The minimum absolute atomic E-state index is 0.213. The van der Waals surface area contributed by atoms with Crippen LogP contribution in [0, 0.1) is 0 Å². The average molecular weight is 287 g/mol. The Morgan fingerprint density at radius 2 is 1.95 bits per heavy atom. The molecule has 0 aliphatic heterocycles. The van der Waals surface area contributed by atoms with E-state index in [0.717, 1.165) is 5.39 Å². The summed E-state index contributed by atoms with van der Waals surface area (Å²) in [6, 6.07) is 13.9. The van der Waals surface area contributed by atoms with Crippen LogP contribution in [0.1, 0.15) is 10.6 Å². The second-order valence-electron chi connectivity index (χ2n) is 4.34. The van der Waals surface area contributed by atoms with E-state index in [0.29, 0.717) is 22.0 Å². The van der Waals surface area contributed by atoms with Gasteiger partial charge in [-0.05, 0) is 36.4 Å². The van der Waals surface area contributed by atoms with Gasteiger partial charge >= 0.3 is 0 Å². The number of hydrogen-bond donors (Lipinski definition) is 2. The van der Waals surface area contributed by atoms with Gasteiger partial charge < -0.3 is 15.5 Å². The van der Waals surface area contributed by atoms with Crippen LogP contribution < -0.4 is 11.1 Å². The van der Waals surface area contributed by atoms with Crippen molar-refractivity contribution < 1.29 is 9.21 Å². The van der Waals surface area contributed by atoms with Gasteiger partial charge in [-0.15, -0.1) is 0 Å². The van der Waals surface area contributed by atoms with Crippen molar-refractivity contribution >= 4 is 39.9 Å². The van der Waals surface area contributed by atoms with E-state index in [1.807, 2.05) is 0 Å². The lowest BCUT2D eigenvalue weighted by Gasteiger charge is -2.04. The van der Waals surface area contributed by atoms with Crippen LogP contribution in [0.25, 0.3) is 11.0 Å². The van der Waals surface area contributed by atoms with Gasteiger partial charge in [0, 0.05) is 11.1 Å². The predicted molar refractivity (Wildman–Crippen MR) is 80.0 cm³/mol. The van der Waals surface area contributed by atoms with Crippen molar-refractivity contribution in [1.29, 1.82) is 0 Å². The Bertz CT molecular complexity index is 795. The zero-order valence-electron chi connectivity index (χ0n) is 10.4. The van der Waals surface area contributed by atoms with Gasteiger partial charge in [0.2, 0.25) is 0 Å². The van der Waals surface area contributed by atoms with Crippen LogP contribution in [0.5, 0.6) is 0 Å². The molecule has 1 aromatic heterocycles. The Morgan fingerprint density at radius 3 is 2.75 bits per heavy atom. The number of para-hydroxylation sites is 1. The predicted octanol–water partition coefficient (Wildman–Crippen LogP) is 3.92. The number of fused-ring (bicyclic) bond motifs is 1. The number of halogens is 1. The molecule has 4 nitrogen and oxygen atoms in total. The summed E-state index contributed by atoms with van der Waals surface area (Å²) in [7, 11) is 0. The number of nitrogens with two attached hydrogens (primary N) is 1. The van der Waals surface area contributed by atoms with Crippen LogP contribution in [-0.4, -0.2) is 5.91 Å². The summed E-state index contributed by atoms with van der Waals surface area (Å²) >= 11 is 5.99. The highest BCUT2D eigenvalue weighted by molar-refractivity contribution is 6.33. The average Bonchev–Trinajstić information content (AvgIpc) is 2.84. The van der Waals surface area contributed by atoms with Crippen molar-refractivity contribution in [2.75, 3.05) is 11.1 Å². The second-order valence-corrected chi connectivity index (χ2v) is 4.75. The first-order valence-corrected chi connectivity index (χ1v) is 6.36. The van der Waals surface area contributed by atoms with Crippen molar-refractivity contribution in [3.63, 3.8) is 0 Å². The maximum atomic E-state index is 12.1. The highest BCUT2D eigenvalue weighted by atomic mass is 35.5. The molecule has 0 aliphatic carbocycles. The van der Waals surface area contributed by atoms with E-state index in [1.54, 1.807) is 48.5 Å². The van der Waals surface area contributed by atoms with E-state index in [4.69, 9.17) is 21.8 Å². The van der Waals surface area contributed by atoms with Gasteiger partial charge in [-0.1, -0.05) is 23.7 Å². The number of nitrogens with one attached hydrogen (secondary N) is 1. The summed E-state index contributed by atoms with van der Waals surface area (Å²) in [5.74, 6) is -0.140. The van der Waals surface area contributed by atoms with Gasteiger partial charge in [-0.3, -0.25) is 4.79 Å². The second kappa shape index (κ2) is 4.90. The Hall–Kier alpha value is -2.46. The molecule has 0 saturated heterocycles.